The molecule has 0 amide bonds. The molecule has 0 unspecified atom stereocenters. The summed E-state index contributed by atoms with van der Waals surface area (Å²) in [6.45, 7) is 3.99. The van der Waals surface area contributed by atoms with E-state index in [1.807, 2.05) is 0 Å². The first-order valence-corrected chi connectivity index (χ1v) is 13.2. The summed E-state index contributed by atoms with van der Waals surface area (Å²) in [6.07, 6.45) is 23.2. The largest absolute Gasteiger partial charge is 0.489 e. The molecule has 0 aromatic heterocycles. The Labute approximate surface area is 197 Å². The molecule has 1 rings (SSSR count). The van der Waals surface area contributed by atoms with Gasteiger partial charge in [0.1, 0.15) is 0 Å². The van der Waals surface area contributed by atoms with E-state index in [1.54, 1.807) is 6.92 Å². The number of methoxy groups -OCH3 is 2. The lowest BCUT2D eigenvalue weighted by Gasteiger charge is -2.20. The number of hydrogen-bond acceptors (Lipinski definition) is 4. The molecule has 4 heteroatoms. The maximum absolute atomic E-state index is 12.6. The molecule has 0 bridgehead atoms. The van der Waals surface area contributed by atoms with Crippen molar-refractivity contribution in [3.63, 3.8) is 0 Å². The molecule has 0 heterocycles. The van der Waals surface area contributed by atoms with E-state index < -0.39 is 0 Å². The lowest BCUT2D eigenvalue weighted by atomic mass is 9.89. The third-order valence-electron chi connectivity index (χ3n) is 6.62. The predicted octanol–water partition coefficient (Wildman–Crippen LogP) is 8.00. The highest BCUT2D eigenvalue weighted by molar-refractivity contribution is 6.23. The van der Waals surface area contributed by atoms with Gasteiger partial charge in [-0.3, -0.25) is 9.59 Å². The summed E-state index contributed by atoms with van der Waals surface area (Å²) >= 11 is 0. The van der Waals surface area contributed by atoms with Crippen LogP contribution in [0.3, 0.4) is 0 Å². The van der Waals surface area contributed by atoms with Crippen LogP contribution in [0.5, 0.6) is 0 Å². The van der Waals surface area contributed by atoms with Crippen LogP contribution in [0, 0.1) is 0 Å². The minimum absolute atomic E-state index is 0.0289. The molecular formula is C28H48O4. The van der Waals surface area contributed by atoms with Crippen molar-refractivity contribution in [3.8, 4) is 0 Å². The first-order valence-electron chi connectivity index (χ1n) is 13.2. The van der Waals surface area contributed by atoms with Crippen LogP contribution >= 0.6 is 0 Å². The zero-order valence-corrected chi connectivity index (χ0v) is 21.4. The van der Waals surface area contributed by atoms with E-state index in [-0.39, 0.29) is 23.1 Å². The summed E-state index contributed by atoms with van der Waals surface area (Å²) in [4.78, 5) is 25.0. The molecule has 1 aliphatic carbocycles. The van der Waals surface area contributed by atoms with Crippen molar-refractivity contribution in [1.29, 1.82) is 0 Å². The number of carbonyl (C=O) groups excluding carboxylic acids is 2. The Bertz CT molecular complexity index is 615. The van der Waals surface area contributed by atoms with Crippen molar-refractivity contribution in [1.82, 2.24) is 0 Å². The number of unbranched alkanes of at least 4 members (excludes halogenated alkanes) is 16. The normalized spacial score (nSPS) is 14.5. The number of hydrogen-bond donors (Lipinski definition) is 0. The smallest absolute Gasteiger partial charge is 0.228 e. The molecular weight excluding hydrogens is 400 g/mol. The van der Waals surface area contributed by atoms with Crippen LogP contribution in [-0.4, -0.2) is 25.8 Å². The maximum atomic E-state index is 12.6. The van der Waals surface area contributed by atoms with E-state index in [2.05, 4.69) is 6.92 Å². The Morgan fingerprint density at radius 3 is 1.25 bits per heavy atom. The number of allylic oxidation sites excluding steroid dienone is 2. The van der Waals surface area contributed by atoms with E-state index in [9.17, 15) is 9.59 Å². The summed E-state index contributed by atoms with van der Waals surface area (Å²) in [5.41, 5.74) is 1.10. The summed E-state index contributed by atoms with van der Waals surface area (Å²) in [5.74, 6) is -0.352. The standard InChI is InChI=1S/C28H48O4/c1-5-6-7-8-9-10-11-12-13-14-15-16-17-18-19-20-21-22-24-23(2)25(29)27(31-3)28(32-4)26(24)30/h5-22H2,1-4H3. The number of ketones is 2. The van der Waals surface area contributed by atoms with Crippen LogP contribution in [0.25, 0.3) is 0 Å². The summed E-state index contributed by atoms with van der Waals surface area (Å²) < 4.78 is 10.2. The van der Waals surface area contributed by atoms with Gasteiger partial charge in [0.05, 0.1) is 14.2 Å². The van der Waals surface area contributed by atoms with Crippen molar-refractivity contribution in [2.45, 2.75) is 129 Å². The van der Waals surface area contributed by atoms with E-state index in [0.717, 1.165) is 12.8 Å². The lowest BCUT2D eigenvalue weighted by molar-refractivity contribution is -0.121. The van der Waals surface area contributed by atoms with Crippen LogP contribution < -0.4 is 0 Å². The van der Waals surface area contributed by atoms with Gasteiger partial charge < -0.3 is 9.47 Å². The zero-order valence-electron chi connectivity index (χ0n) is 21.4. The van der Waals surface area contributed by atoms with Gasteiger partial charge in [0.15, 0.2) is 0 Å². The average molecular weight is 449 g/mol. The molecule has 184 valence electrons. The second kappa shape index (κ2) is 17.9. The second-order valence-electron chi connectivity index (χ2n) is 9.24. The number of carbonyl (C=O) groups is 2. The van der Waals surface area contributed by atoms with Crippen molar-refractivity contribution >= 4 is 11.6 Å². The Morgan fingerprint density at radius 1 is 0.531 bits per heavy atom. The minimum Gasteiger partial charge on any atom is -0.489 e. The van der Waals surface area contributed by atoms with Gasteiger partial charge >= 0.3 is 0 Å². The first kappa shape index (κ1) is 28.5. The third-order valence-corrected chi connectivity index (χ3v) is 6.62. The van der Waals surface area contributed by atoms with Gasteiger partial charge in [-0.1, -0.05) is 110 Å². The lowest BCUT2D eigenvalue weighted by Crippen LogP contribution is -2.25. The average Bonchev–Trinajstić information content (AvgIpc) is 2.80. The van der Waals surface area contributed by atoms with Gasteiger partial charge in [-0.15, -0.1) is 0 Å². The van der Waals surface area contributed by atoms with E-state index in [4.69, 9.17) is 9.47 Å². The second-order valence-corrected chi connectivity index (χ2v) is 9.24. The van der Waals surface area contributed by atoms with E-state index in [0.29, 0.717) is 17.6 Å². The molecule has 0 saturated carbocycles. The molecule has 1 aliphatic rings. The molecule has 32 heavy (non-hydrogen) atoms. The predicted molar refractivity (Wildman–Crippen MR) is 133 cm³/mol. The van der Waals surface area contributed by atoms with Gasteiger partial charge in [-0.2, -0.15) is 0 Å². The molecule has 4 nitrogen and oxygen atoms in total. The Morgan fingerprint density at radius 2 is 0.875 bits per heavy atom. The molecule has 0 atom stereocenters. The minimum atomic E-state index is -0.231. The zero-order chi connectivity index (χ0) is 23.6. The Balaban J connectivity index is 2.02. The highest BCUT2D eigenvalue weighted by atomic mass is 16.5. The Kier molecular flexibility index (Phi) is 15.9. The highest BCUT2D eigenvalue weighted by Gasteiger charge is 2.34. The monoisotopic (exact) mass is 448 g/mol. The van der Waals surface area contributed by atoms with Crippen molar-refractivity contribution < 1.29 is 19.1 Å². The number of Topliss-reactive ketones (excluding diaryl/α,β-unsaturated/α-hetero) is 2. The van der Waals surface area contributed by atoms with Crippen LogP contribution in [0.2, 0.25) is 0 Å². The molecule has 0 radical (unpaired) electrons. The van der Waals surface area contributed by atoms with Gasteiger partial charge in [-0.05, 0) is 19.8 Å². The maximum Gasteiger partial charge on any atom is 0.228 e. The van der Waals surface area contributed by atoms with Crippen LogP contribution in [-0.2, 0) is 19.1 Å². The highest BCUT2D eigenvalue weighted by Crippen LogP contribution is 2.28. The quantitative estimate of drug-likeness (QED) is 0.140. The summed E-state index contributed by atoms with van der Waals surface area (Å²) in [6, 6.07) is 0. The van der Waals surface area contributed by atoms with E-state index >= 15 is 0 Å². The molecule has 0 fully saturated rings. The molecule has 0 aromatic rings. The first-order chi connectivity index (χ1) is 15.6. The molecule has 0 spiro atoms. The van der Waals surface area contributed by atoms with E-state index in [1.165, 1.54) is 111 Å². The molecule has 0 aromatic carbocycles. The van der Waals surface area contributed by atoms with Crippen molar-refractivity contribution in [3.05, 3.63) is 22.7 Å². The molecule has 0 saturated heterocycles. The third kappa shape index (κ3) is 10.4. The topological polar surface area (TPSA) is 52.6 Å². The summed E-state index contributed by atoms with van der Waals surface area (Å²) in [5, 5.41) is 0. The van der Waals surface area contributed by atoms with Gasteiger partial charge in [-0.25, -0.2) is 0 Å². The fourth-order valence-corrected chi connectivity index (χ4v) is 4.52. The fraction of sp³-hybridized carbons (Fsp3) is 0.786. The number of rotatable bonds is 20. The van der Waals surface area contributed by atoms with Crippen LogP contribution in [0.4, 0.5) is 0 Å². The van der Waals surface area contributed by atoms with Gasteiger partial charge in [0.25, 0.3) is 0 Å². The molecule has 0 aliphatic heterocycles. The van der Waals surface area contributed by atoms with Crippen LogP contribution in [0.1, 0.15) is 129 Å². The van der Waals surface area contributed by atoms with Crippen LogP contribution in [0.15, 0.2) is 22.7 Å². The summed E-state index contributed by atoms with van der Waals surface area (Å²) in [7, 11) is 2.81. The number of ether oxygens (including phenoxy) is 2. The molecule has 0 N–H and O–H groups in total. The van der Waals surface area contributed by atoms with Crippen molar-refractivity contribution in [2.24, 2.45) is 0 Å². The SMILES string of the molecule is CCCCCCCCCCCCCCCCCCCC1=C(C)C(=O)C(OC)=C(OC)C1=O. The Hall–Kier alpha value is -1.58. The van der Waals surface area contributed by atoms with Gasteiger partial charge in [0, 0.05) is 11.1 Å². The van der Waals surface area contributed by atoms with Crippen molar-refractivity contribution in [2.75, 3.05) is 14.2 Å². The van der Waals surface area contributed by atoms with Gasteiger partial charge in [0.2, 0.25) is 23.1 Å². The fourth-order valence-electron chi connectivity index (χ4n) is 4.52.